The fraction of sp³-hybridized carbons (Fsp3) is 0.400. The standard InChI is InChI=1S/C40H40Cl2F2N4O7.H2O/c1-51-36-10-8-27(18-46-36)37(39(50)54-35-21-48-13-11-24(35)12-14-48)47-28-4-2-3-26(15-28)38(49)53-33(17-29-30(41)19-45-20-31(29)42)25-7-9-32(55-40(43)44)34(16-25)52-22-23-5-6-23;/h2-4,7-10,15-16,18-20,23-24,33,35,37,40,47H,5-6,11-14,17,21-22H2,1H3;1H2/t33-,35-,37?;/m0./s1. The zero-order valence-corrected chi connectivity index (χ0v) is 32.0. The number of carbonyl (C=O) groups is 2. The van der Waals surface area contributed by atoms with Crippen LogP contribution in [0.1, 0.15) is 64.9 Å². The van der Waals surface area contributed by atoms with Crippen molar-refractivity contribution in [1.82, 2.24) is 9.88 Å². The van der Waals surface area contributed by atoms with Gasteiger partial charge in [0.15, 0.2) is 29.9 Å². The highest BCUT2D eigenvalue weighted by Crippen LogP contribution is 2.38. The maximum Gasteiger partial charge on any atom is 0.387 e. The number of methoxy groups -OCH3 is 1. The lowest BCUT2D eigenvalue weighted by Gasteiger charge is -2.44. The SMILES string of the molecule is COc1ccc(C(Nc2cccc(C(=O)O[C@@H](Cc3c(Cl)c[nH+]cc3Cl)c3ccc(OC(F)F)c(OCC4CC4)c3)c2)C(=O)O[C@H]2CN3CCC2CC3)cn1.[OH-]. The molecule has 0 spiro atoms. The van der Waals surface area contributed by atoms with E-state index in [1.54, 1.807) is 55.0 Å². The number of nitrogens with one attached hydrogen (secondary N) is 2. The number of piperidine rings is 3. The van der Waals surface area contributed by atoms with Crippen LogP contribution in [0, 0.1) is 11.8 Å². The molecule has 4 aromatic rings. The number of fused-ring (bicyclic) bond motifs is 3. The van der Waals surface area contributed by atoms with Crippen molar-refractivity contribution in [3.8, 4) is 17.4 Å². The van der Waals surface area contributed by atoms with Crippen molar-refractivity contribution in [2.75, 3.05) is 38.7 Å². The number of hydrogen-bond acceptors (Lipinski definition) is 11. The van der Waals surface area contributed by atoms with Gasteiger partial charge in [0.05, 0.1) is 19.3 Å². The van der Waals surface area contributed by atoms with Crippen molar-refractivity contribution in [2.45, 2.75) is 57.0 Å². The molecular formula is C40H42Cl2F2N4O8. The molecule has 2 bridgehead atoms. The first-order valence-electron chi connectivity index (χ1n) is 18.2. The Morgan fingerprint density at radius 2 is 1.73 bits per heavy atom. The van der Waals surface area contributed by atoms with Gasteiger partial charge in [-0.15, -0.1) is 0 Å². The first-order valence-corrected chi connectivity index (χ1v) is 18.9. The lowest BCUT2D eigenvalue weighted by molar-refractivity contribution is -0.377. The van der Waals surface area contributed by atoms with Gasteiger partial charge in [-0.1, -0.05) is 35.3 Å². The van der Waals surface area contributed by atoms with Gasteiger partial charge in [0.1, 0.15) is 22.3 Å². The number of esters is 2. The quantitative estimate of drug-likeness (QED) is 0.113. The molecule has 1 aliphatic carbocycles. The highest BCUT2D eigenvalue weighted by molar-refractivity contribution is 6.35. The second-order valence-electron chi connectivity index (χ2n) is 14.0. The van der Waals surface area contributed by atoms with Crippen LogP contribution in [-0.2, 0) is 20.7 Å². The largest absolute Gasteiger partial charge is 0.870 e. The summed E-state index contributed by atoms with van der Waals surface area (Å²) < 4.78 is 54.7. The van der Waals surface area contributed by atoms with Gasteiger partial charge in [-0.05, 0) is 92.6 Å². The minimum absolute atomic E-state index is 0. The smallest absolute Gasteiger partial charge is 0.387 e. The van der Waals surface area contributed by atoms with E-state index in [4.69, 9.17) is 46.9 Å². The first kappa shape index (κ1) is 40.9. The van der Waals surface area contributed by atoms with E-state index in [-0.39, 0.29) is 35.1 Å². The number of aromatic nitrogens is 2. The zero-order chi connectivity index (χ0) is 38.5. The molecule has 16 heteroatoms. The summed E-state index contributed by atoms with van der Waals surface area (Å²) in [6.45, 7) is -0.0282. The average molecular weight is 816 g/mol. The summed E-state index contributed by atoms with van der Waals surface area (Å²) in [5.41, 5.74) is 2.12. The molecule has 3 aliphatic heterocycles. The molecule has 8 rings (SSSR count). The monoisotopic (exact) mass is 814 g/mol. The van der Waals surface area contributed by atoms with E-state index < -0.39 is 30.7 Å². The van der Waals surface area contributed by atoms with E-state index >= 15 is 0 Å². The number of ether oxygens (including phenoxy) is 5. The van der Waals surface area contributed by atoms with E-state index in [0.29, 0.717) is 63.3 Å². The van der Waals surface area contributed by atoms with Crippen LogP contribution in [0.3, 0.4) is 0 Å². The number of carbonyl (C=O) groups excluding carboxylic acids is 2. The van der Waals surface area contributed by atoms with Crippen LogP contribution in [0.4, 0.5) is 14.5 Å². The highest BCUT2D eigenvalue weighted by atomic mass is 35.5. The number of aromatic amines is 1. The summed E-state index contributed by atoms with van der Waals surface area (Å²) in [5, 5.41) is 3.88. The molecule has 3 N–H and O–H groups in total. The van der Waals surface area contributed by atoms with Crippen molar-refractivity contribution < 1.29 is 52.5 Å². The van der Waals surface area contributed by atoms with Crippen molar-refractivity contribution in [3.63, 3.8) is 0 Å². The normalized spacial score (nSPS) is 19.6. The van der Waals surface area contributed by atoms with Crippen LogP contribution in [0.5, 0.6) is 17.4 Å². The molecule has 2 aromatic heterocycles. The summed E-state index contributed by atoms with van der Waals surface area (Å²) >= 11 is 13.0. The van der Waals surface area contributed by atoms with Gasteiger partial charge < -0.3 is 34.5 Å². The predicted molar refractivity (Wildman–Crippen MR) is 201 cm³/mol. The maximum absolute atomic E-state index is 14.0. The second-order valence-corrected chi connectivity index (χ2v) is 14.8. The number of anilines is 1. The lowest BCUT2D eigenvalue weighted by Crippen LogP contribution is -2.52. The van der Waals surface area contributed by atoms with Crippen molar-refractivity contribution in [1.29, 1.82) is 0 Å². The van der Waals surface area contributed by atoms with Gasteiger partial charge in [0.2, 0.25) is 5.88 Å². The van der Waals surface area contributed by atoms with Crippen LogP contribution in [0.2, 0.25) is 10.0 Å². The van der Waals surface area contributed by atoms with Gasteiger partial charge in [0, 0.05) is 42.0 Å². The van der Waals surface area contributed by atoms with Crippen LogP contribution >= 0.6 is 23.2 Å². The van der Waals surface area contributed by atoms with E-state index in [1.807, 2.05) is 0 Å². The summed E-state index contributed by atoms with van der Waals surface area (Å²) in [4.78, 5) is 37.3. The Morgan fingerprint density at radius 3 is 2.38 bits per heavy atom. The van der Waals surface area contributed by atoms with Gasteiger partial charge in [0.25, 0.3) is 0 Å². The summed E-state index contributed by atoms with van der Waals surface area (Å²) in [6.07, 6.45) is 7.43. The number of nitrogens with zero attached hydrogens (tertiary/aromatic N) is 2. The number of halogens is 4. The molecule has 3 atom stereocenters. The molecule has 4 aliphatic rings. The topological polar surface area (TPSA) is 153 Å². The van der Waals surface area contributed by atoms with Crippen LogP contribution < -0.4 is 24.5 Å². The molecular weight excluding hydrogens is 773 g/mol. The summed E-state index contributed by atoms with van der Waals surface area (Å²) in [5.74, 6) is -0.176. The second kappa shape index (κ2) is 18.5. The predicted octanol–water partition coefficient (Wildman–Crippen LogP) is 7.36. The fourth-order valence-corrected chi connectivity index (χ4v) is 7.46. The van der Waals surface area contributed by atoms with Crippen molar-refractivity contribution >= 4 is 40.8 Å². The Hall–Kier alpha value is -4.76. The van der Waals surface area contributed by atoms with E-state index in [9.17, 15) is 18.4 Å². The Kier molecular flexibility index (Phi) is 13.5. The third kappa shape index (κ3) is 10.2. The number of rotatable bonds is 16. The Morgan fingerprint density at radius 1 is 0.982 bits per heavy atom. The lowest BCUT2D eigenvalue weighted by atomic mass is 9.86. The molecule has 1 unspecified atom stereocenters. The molecule has 4 fully saturated rings. The summed E-state index contributed by atoms with van der Waals surface area (Å²) in [6, 6.07) is 13.4. The van der Waals surface area contributed by atoms with Crippen LogP contribution in [-0.4, -0.2) is 73.4 Å². The van der Waals surface area contributed by atoms with Crippen LogP contribution in [0.25, 0.3) is 0 Å². The Balaban J connectivity index is 0.00000532. The molecule has 1 saturated carbocycles. The molecule has 0 amide bonds. The van der Waals surface area contributed by atoms with Gasteiger partial charge >= 0.3 is 18.6 Å². The van der Waals surface area contributed by atoms with E-state index in [0.717, 1.165) is 38.8 Å². The van der Waals surface area contributed by atoms with Gasteiger partial charge in [-0.25, -0.2) is 19.6 Å². The molecule has 298 valence electrons. The van der Waals surface area contributed by atoms with E-state index in [1.165, 1.54) is 25.3 Å². The molecule has 12 nitrogen and oxygen atoms in total. The number of benzene rings is 2. The van der Waals surface area contributed by atoms with Crippen molar-refractivity contribution in [3.05, 3.63) is 105 Å². The zero-order valence-electron chi connectivity index (χ0n) is 30.5. The van der Waals surface area contributed by atoms with Gasteiger partial charge in [-0.3, -0.25) is 4.90 Å². The molecule has 0 radical (unpaired) electrons. The van der Waals surface area contributed by atoms with Crippen molar-refractivity contribution in [2.24, 2.45) is 11.8 Å². The molecule has 56 heavy (non-hydrogen) atoms. The first-order chi connectivity index (χ1) is 26.6. The number of alkyl halides is 2. The summed E-state index contributed by atoms with van der Waals surface area (Å²) in [7, 11) is 1.51. The highest BCUT2D eigenvalue weighted by Gasteiger charge is 2.38. The Bertz CT molecular complexity index is 1960. The number of pyridine rings is 2. The third-order valence-corrected chi connectivity index (χ3v) is 10.8. The maximum atomic E-state index is 14.0. The number of hydrogen-bond donors (Lipinski definition) is 1. The minimum atomic E-state index is -3.07. The molecule has 3 saturated heterocycles. The van der Waals surface area contributed by atoms with E-state index in [2.05, 4.69) is 20.2 Å². The Labute approximate surface area is 332 Å². The average Bonchev–Trinajstić information content (AvgIpc) is 4.03. The molecule has 2 aromatic carbocycles. The molecule has 5 heterocycles. The fourth-order valence-electron chi connectivity index (χ4n) is 6.93. The van der Waals surface area contributed by atoms with Crippen LogP contribution in [0.15, 0.2) is 73.2 Å². The van der Waals surface area contributed by atoms with Gasteiger partial charge in [-0.2, -0.15) is 8.78 Å². The third-order valence-electron chi connectivity index (χ3n) is 10.2. The number of H-pyrrole nitrogens is 1. The minimum Gasteiger partial charge on any atom is -0.870 e.